The molecule has 0 fully saturated rings. The second-order valence-corrected chi connectivity index (χ2v) is 8.60. The molecule has 130 valence electrons. The Hall–Kier alpha value is -1.79. The zero-order valence-corrected chi connectivity index (χ0v) is 16.0. The molecule has 0 aliphatic rings. The third-order valence-corrected chi connectivity index (χ3v) is 4.86. The Kier molecular flexibility index (Phi) is 7.51. The van der Waals surface area contributed by atoms with E-state index < -0.39 is 9.84 Å². The molecule has 1 N–H and O–H groups in total. The molecule has 1 amide bonds. The second kappa shape index (κ2) is 8.89. The predicted octanol–water partition coefficient (Wildman–Crippen LogP) is 3.98. The molecule has 4 nitrogen and oxygen atoms in total. The van der Waals surface area contributed by atoms with E-state index >= 15 is 0 Å². The molecule has 0 saturated carbocycles. The van der Waals surface area contributed by atoms with Crippen LogP contribution in [0.1, 0.15) is 26.3 Å². The molecule has 0 atom stereocenters. The predicted molar refractivity (Wildman–Crippen MR) is 102 cm³/mol. The third kappa shape index (κ3) is 6.37. The number of thioether (sulfide) groups is 1. The number of nitrogens with one attached hydrogen (secondary N) is 1. The minimum Gasteiger partial charge on any atom is -0.317 e. The first kappa shape index (κ1) is 20.3. The van der Waals surface area contributed by atoms with Gasteiger partial charge < -0.3 is 5.32 Å². The van der Waals surface area contributed by atoms with Crippen LogP contribution >= 0.6 is 11.8 Å². The lowest BCUT2D eigenvalue weighted by atomic mass is 10.0. The molecule has 1 rings (SSSR count). The van der Waals surface area contributed by atoms with Crippen LogP contribution in [0.15, 0.2) is 58.3 Å². The van der Waals surface area contributed by atoms with E-state index in [9.17, 15) is 13.2 Å². The summed E-state index contributed by atoms with van der Waals surface area (Å²) in [5, 5.41) is 5.11. The summed E-state index contributed by atoms with van der Waals surface area (Å²) in [5.41, 5.74) is 1.16. The van der Waals surface area contributed by atoms with Gasteiger partial charge in [0.05, 0.1) is 9.92 Å². The third-order valence-electron chi connectivity index (χ3n) is 2.94. The first-order valence-corrected chi connectivity index (χ1v) is 10.2. The monoisotopic (exact) mass is 365 g/mol. The molecule has 0 bridgehead atoms. The SMILES string of the molecule is C=C(NC(=O)/C(=C/C(C)C)c1ccc(S(C)(=O)=O)cc1)S/C=C\C. The van der Waals surface area contributed by atoms with Crippen LogP contribution in [-0.4, -0.2) is 20.6 Å². The van der Waals surface area contributed by atoms with Crippen LogP contribution in [0.3, 0.4) is 0 Å². The fourth-order valence-corrected chi connectivity index (χ4v) is 2.97. The van der Waals surface area contributed by atoms with Gasteiger partial charge in [0.2, 0.25) is 0 Å². The van der Waals surface area contributed by atoms with Crippen molar-refractivity contribution in [3.8, 4) is 0 Å². The van der Waals surface area contributed by atoms with E-state index in [4.69, 9.17) is 0 Å². The van der Waals surface area contributed by atoms with Crippen LogP contribution in [0.2, 0.25) is 0 Å². The van der Waals surface area contributed by atoms with Crippen LogP contribution in [0, 0.1) is 5.92 Å². The number of hydrogen-bond acceptors (Lipinski definition) is 4. The first-order chi connectivity index (χ1) is 11.1. The number of rotatable bonds is 7. The normalized spacial score (nSPS) is 12.6. The van der Waals surface area contributed by atoms with E-state index in [1.807, 2.05) is 38.3 Å². The van der Waals surface area contributed by atoms with Crippen molar-refractivity contribution in [2.45, 2.75) is 25.7 Å². The van der Waals surface area contributed by atoms with Gasteiger partial charge in [-0.25, -0.2) is 8.42 Å². The summed E-state index contributed by atoms with van der Waals surface area (Å²) >= 11 is 1.33. The Labute approximate surface area is 148 Å². The zero-order valence-electron chi connectivity index (χ0n) is 14.4. The molecule has 24 heavy (non-hydrogen) atoms. The molecule has 0 aliphatic carbocycles. The molecule has 6 heteroatoms. The second-order valence-electron chi connectivity index (χ2n) is 5.59. The van der Waals surface area contributed by atoms with Crippen LogP contribution in [0.25, 0.3) is 5.57 Å². The van der Waals surface area contributed by atoms with Gasteiger partial charge in [-0.3, -0.25) is 4.79 Å². The van der Waals surface area contributed by atoms with Crippen LogP contribution in [0.4, 0.5) is 0 Å². The van der Waals surface area contributed by atoms with Crippen molar-refractivity contribution in [2.24, 2.45) is 5.92 Å². The maximum atomic E-state index is 12.5. The van der Waals surface area contributed by atoms with Gasteiger partial charge in [0, 0.05) is 11.8 Å². The van der Waals surface area contributed by atoms with E-state index in [0.717, 1.165) is 6.26 Å². The highest BCUT2D eigenvalue weighted by molar-refractivity contribution is 8.05. The van der Waals surface area contributed by atoms with Crippen LogP contribution < -0.4 is 5.32 Å². The molecule has 0 aliphatic heterocycles. The van der Waals surface area contributed by atoms with Gasteiger partial charge in [0.15, 0.2) is 9.84 Å². The van der Waals surface area contributed by atoms with E-state index in [1.54, 1.807) is 12.1 Å². The highest BCUT2D eigenvalue weighted by atomic mass is 32.2. The van der Waals surface area contributed by atoms with E-state index in [1.165, 1.54) is 23.9 Å². The van der Waals surface area contributed by atoms with Gasteiger partial charge in [0.1, 0.15) is 0 Å². The fraction of sp³-hybridized carbons (Fsp3) is 0.278. The average Bonchev–Trinajstić information content (AvgIpc) is 2.49. The van der Waals surface area contributed by atoms with E-state index in [-0.39, 0.29) is 16.7 Å². The van der Waals surface area contributed by atoms with Crippen molar-refractivity contribution in [1.29, 1.82) is 0 Å². The molecule has 0 heterocycles. The van der Waals surface area contributed by atoms with Crippen LogP contribution in [0.5, 0.6) is 0 Å². The van der Waals surface area contributed by atoms with Crippen molar-refractivity contribution in [3.63, 3.8) is 0 Å². The average molecular weight is 366 g/mol. The van der Waals surface area contributed by atoms with Crippen LogP contribution in [-0.2, 0) is 14.6 Å². The maximum Gasteiger partial charge on any atom is 0.256 e. The number of allylic oxidation sites excluding steroid dienone is 2. The van der Waals surface area contributed by atoms with Gasteiger partial charge in [-0.2, -0.15) is 0 Å². The summed E-state index contributed by atoms with van der Waals surface area (Å²) in [4.78, 5) is 12.8. The van der Waals surface area contributed by atoms with Crippen molar-refractivity contribution in [3.05, 3.63) is 59.0 Å². The molecular weight excluding hydrogens is 342 g/mol. The number of sulfone groups is 1. The summed E-state index contributed by atoms with van der Waals surface area (Å²) in [6.45, 7) is 9.64. The summed E-state index contributed by atoms with van der Waals surface area (Å²) in [6.07, 6.45) is 4.86. The number of amides is 1. The largest absolute Gasteiger partial charge is 0.317 e. The topological polar surface area (TPSA) is 63.2 Å². The Morgan fingerprint density at radius 1 is 1.25 bits per heavy atom. The lowest BCUT2D eigenvalue weighted by molar-refractivity contribution is -0.114. The highest BCUT2D eigenvalue weighted by Crippen LogP contribution is 2.21. The Bertz CT molecular complexity index is 758. The Balaban J connectivity index is 3.10. The lowest BCUT2D eigenvalue weighted by Gasteiger charge is -2.12. The van der Waals surface area contributed by atoms with Gasteiger partial charge in [-0.15, -0.1) is 0 Å². The van der Waals surface area contributed by atoms with E-state index in [0.29, 0.717) is 16.2 Å². The van der Waals surface area contributed by atoms with Crippen molar-refractivity contribution < 1.29 is 13.2 Å². The molecule has 0 aromatic heterocycles. The first-order valence-electron chi connectivity index (χ1n) is 7.45. The summed E-state index contributed by atoms with van der Waals surface area (Å²) in [7, 11) is -3.26. The van der Waals surface area contributed by atoms with Crippen molar-refractivity contribution in [1.82, 2.24) is 5.32 Å². The number of carbonyl (C=O) groups excluding carboxylic acids is 1. The van der Waals surface area contributed by atoms with Crippen molar-refractivity contribution in [2.75, 3.05) is 6.26 Å². The van der Waals surface area contributed by atoms with Gasteiger partial charge in [0.25, 0.3) is 5.91 Å². The summed E-state index contributed by atoms with van der Waals surface area (Å²) in [5.74, 6) is -0.102. The standard InChI is InChI=1S/C18H23NO3S2/c1-6-11-23-14(4)19-18(20)17(12-13(2)3)15-7-9-16(10-8-15)24(5,21)22/h6-13H,4H2,1-3,5H3,(H,19,20)/b11-6-,17-12+. The summed E-state index contributed by atoms with van der Waals surface area (Å²) in [6, 6.07) is 6.31. The van der Waals surface area contributed by atoms with Gasteiger partial charge in [-0.1, -0.05) is 56.5 Å². The smallest absolute Gasteiger partial charge is 0.256 e. The zero-order chi connectivity index (χ0) is 18.3. The molecule has 0 unspecified atom stereocenters. The number of hydrogen-bond donors (Lipinski definition) is 1. The van der Waals surface area contributed by atoms with Gasteiger partial charge >= 0.3 is 0 Å². The molecule has 0 radical (unpaired) electrons. The quantitative estimate of drug-likeness (QED) is 0.742. The number of benzene rings is 1. The molecule has 0 saturated heterocycles. The summed E-state index contributed by atoms with van der Waals surface area (Å²) < 4.78 is 23.1. The minimum atomic E-state index is -3.26. The maximum absolute atomic E-state index is 12.5. The molecular formula is C18H23NO3S2. The van der Waals surface area contributed by atoms with Gasteiger partial charge in [-0.05, 0) is 35.9 Å². The molecule has 1 aromatic carbocycles. The lowest BCUT2D eigenvalue weighted by Crippen LogP contribution is -2.22. The van der Waals surface area contributed by atoms with Crippen molar-refractivity contribution >= 4 is 33.1 Å². The Morgan fingerprint density at radius 3 is 2.29 bits per heavy atom. The van der Waals surface area contributed by atoms with E-state index in [2.05, 4.69) is 11.9 Å². The minimum absolute atomic E-state index is 0.164. The highest BCUT2D eigenvalue weighted by Gasteiger charge is 2.15. The molecule has 1 aromatic rings. The Morgan fingerprint density at radius 2 is 1.83 bits per heavy atom. The molecule has 0 spiro atoms. The fourth-order valence-electron chi connectivity index (χ4n) is 1.89. The number of carbonyl (C=O) groups is 1.